The number of aryl methyl sites for hydroxylation is 2. The Labute approximate surface area is 159 Å². The molecule has 0 spiro atoms. The van der Waals surface area contributed by atoms with Crippen LogP contribution in [0.4, 0.5) is 16.5 Å². The zero-order valence-electron chi connectivity index (χ0n) is 13.4. The van der Waals surface area contributed by atoms with E-state index in [0.29, 0.717) is 25.9 Å². The van der Waals surface area contributed by atoms with Gasteiger partial charge < -0.3 is 10.6 Å². The van der Waals surface area contributed by atoms with Crippen LogP contribution >= 0.6 is 34.5 Å². The lowest BCUT2D eigenvalue weighted by atomic mass is 10.2. The molecule has 0 radical (unpaired) electrons. The van der Waals surface area contributed by atoms with Crippen molar-refractivity contribution in [3.63, 3.8) is 0 Å². The number of carbonyl (C=O) groups is 1. The molecule has 2 aromatic heterocycles. The summed E-state index contributed by atoms with van der Waals surface area (Å²) in [6, 6.07) is 9.00. The van der Waals surface area contributed by atoms with Crippen LogP contribution in [-0.4, -0.2) is 15.9 Å². The Kier molecular flexibility index (Phi) is 5.22. The third-order valence-electron chi connectivity index (χ3n) is 3.36. The number of anilines is 3. The lowest BCUT2D eigenvalue weighted by Gasteiger charge is -2.08. The smallest absolute Gasteiger partial charge is 0.267 e. The topological polar surface area (TPSA) is 66.9 Å². The van der Waals surface area contributed by atoms with E-state index in [-0.39, 0.29) is 5.91 Å². The normalized spacial score (nSPS) is 10.6. The van der Waals surface area contributed by atoms with E-state index in [4.69, 9.17) is 23.2 Å². The Bertz CT molecular complexity index is 902. The number of carbonyl (C=O) groups excluding carboxylic acids is 1. The lowest BCUT2D eigenvalue weighted by molar-refractivity contribution is 0.103. The number of nitrogens with one attached hydrogen (secondary N) is 2. The van der Waals surface area contributed by atoms with Crippen LogP contribution in [-0.2, 0) is 0 Å². The second-order valence-electron chi connectivity index (χ2n) is 5.36. The van der Waals surface area contributed by atoms with Crippen molar-refractivity contribution in [2.45, 2.75) is 13.8 Å². The highest BCUT2D eigenvalue weighted by Crippen LogP contribution is 2.28. The number of halogens is 2. The number of thiazole rings is 1. The van der Waals surface area contributed by atoms with Crippen molar-refractivity contribution < 1.29 is 4.79 Å². The number of hydrogen-bond acceptors (Lipinski definition) is 5. The number of benzene rings is 1. The second-order valence-corrected chi connectivity index (χ2v) is 7.19. The van der Waals surface area contributed by atoms with Gasteiger partial charge in [-0.05, 0) is 37.6 Å². The molecule has 0 atom stereocenters. The van der Waals surface area contributed by atoms with Gasteiger partial charge >= 0.3 is 0 Å². The number of amides is 1. The van der Waals surface area contributed by atoms with Crippen molar-refractivity contribution in [1.29, 1.82) is 0 Å². The molecular weight excluding hydrogens is 379 g/mol. The van der Waals surface area contributed by atoms with E-state index < -0.39 is 0 Å². The van der Waals surface area contributed by atoms with E-state index in [1.165, 1.54) is 17.5 Å². The first-order valence-corrected chi connectivity index (χ1v) is 8.93. The summed E-state index contributed by atoms with van der Waals surface area (Å²) < 4.78 is 0. The van der Waals surface area contributed by atoms with Gasteiger partial charge in [-0.15, -0.1) is 0 Å². The minimum Gasteiger partial charge on any atom is -0.331 e. The molecule has 2 heterocycles. The molecule has 2 N–H and O–H groups in total. The molecule has 1 aromatic carbocycles. The first-order valence-electron chi connectivity index (χ1n) is 7.36. The summed E-state index contributed by atoms with van der Waals surface area (Å²) in [7, 11) is 0. The molecule has 128 valence electrons. The third kappa shape index (κ3) is 4.28. The summed E-state index contributed by atoms with van der Waals surface area (Å²) in [5, 5.41) is 7.43. The number of pyridine rings is 1. The van der Waals surface area contributed by atoms with E-state index in [2.05, 4.69) is 20.6 Å². The second kappa shape index (κ2) is 7.39. The molecule has 0 aliphatic heterocycles. The molecular formula is C17H14Cl2N4OS. The molecule has 0 unspecified atom stereocenters. The minimum atomic E-state index is -0.259. The molecule has 5 nitrogen and oxygen atoms in total. The maximum absolute atomic E-state index is 12.4. The predicted molar refractivity (Wildman–Crippen MR) is 104 cm³/mol. The Morgan fingerprint density at radius 3 is 2.72 bits per heavy atom. The Morgan fingerprint density at radius 2 is 2.00 bits per heavy atom. The van der Waals surface area contributed by atoms with Gasteiger partial charge in [0.1, 0.15) is 10.0 Å². The first-order chi connectivity index (χ1) is 11.9. The summed E-state index contributed by atoms with van der Waals surface area (Å²) in [4.78, 5) is 21.2. The highest BCUT2D eigenvalue weighted by atomic mass is 35.5. The summed E-state index contributed by atoms with van der Waals surface area (Å²) in [6.07, 6.45) is 1.52. The standard InChI is InChI=1S/C17H14Cl2N4OS/c1-9-4-3-5-12(18)15(9)23-16(24)13-8-20-17(25-13)22-11-6-10(2)21-14(19)7-11/h3-8H,1-2H3,(H,23,24)(H,20,21,22). The molecule has 3 aromatic rings. The van der Waals surface area contributed by atoms with Gasteiger partial charge in [-0.2, -0.15) is 0 Å². The van der Waals surface area contributed by atoms with Gasteiger partial charge in [0.15, 0.2) is 5.13 Å². The summed E-state index contributed by atoms with van der Waals surface area (Å²) >= 11 is 13.3. The Balaban J connectivity index is 1.75. The number of rotatable bonds is 4. The molecule has 25 heavy (non-hydrogen) atoms. The van der Waals surface area contributed by atoms with Crippen molar-refractivity contribution in [2.75, 3.05) is 10.6 Å². The zero-order valence-corrected chi connectivity index (χ0v) is 15.8. The van der Waals surface area contributed by atoms with Crippen molar-refractivity contribution in [2.24, 2.45) is 0 Å². The van der Waals surface area contributed by atoms with E-state index in [1.54, 1.807) is 12.1 Å². The highest BCUT2D eigenvalue weighted by molar-refractivity contribution is 7.17. The summed E-state index contributed by atoms with van der Waals surface area (Å²) in [5.41, 5.74) is 3.05. The fourth-order valence-electron chi connectivity index (χ4n) is 2.23. The van der Waals surface area contributed by atoms with Crippen molar-refractivity contribution in [1.82, 2.24) is 9.97 Å². The fourth-order valence-corrected chi connectivity index (χ4v) is 3.48. The number of para-hydroxylation sites is 1. The van der Waals surface area contributed by atoms with Gasteiger partial charge in [-0.3, -0.25) is 4.79 Å². The van der Waals surface area contributed by atoms with Gasteiger partial charge in [-0.1, -0.05) is 46.7 Å². The SMILES string of the molecule is Cc1cc(Nc2ncc(C(=O)Nc3c(C)cccc3Cl)s2)cc(Cl)n1. The van der Waals surface area contributed by atoms with Crippen LogP contribution in [0, 0.1) is 13.8 Å². The summed E-state index contributed by atoms with van der Waals surface area (Å²) in [6.45, 7) is 3.74. The summed E-state index contributed by atoms with van der Waals surface area (Å²) in [5.74, 6) is -0.259. The average molecular weight is 393 g/mol. The van der Waals surface area contributed by atoms with Crippen LogP contribution in [0.25, 0.3) is 0 Å². The van der Waals surface area contributed by atoms with Crippen LogP contribution in [0.3, 0.4) is 0 Å². The van der Waals surface area contributed by atoms with Crippen LogP contribution in [0.1, 0.15) is 20.9 Å². The molecule has 1 amide bonds. The lowest BCUT2D eigenvalue weighted by Crippen LogP contribution is -2.11. The minimum absolute atomic E-state index is 0.259. The average Bonchev–Trinajstić information content (AvgIpc) is 2.98. The van der Waals surface area contributed by atoms with Gasteiger partial charge in [0.2, 0.25) is 0 Å². The molecule has 0 bridgehead atoms. The molecule has 0 aliphatic carbocycles. The molecule has 0 fully saturated rings. The van der Waals surface area contributed by atoms with Gasteiger partial charge in [0.25, 0.3) is 5.91 Å². The van der Waals surface area contributed by atoms with Gasteiger partial charge in [0.05, 0.1) is 16.9 Å². The van der Waals surface area contributed by atoms with Crippen molar-refractivity contribution >= 4 is 57.0 Å². The quantitative estimate of drug-likeness (QED) is 0.578. The Hall–Kier alpha value is -2.15. The maximum Gasteiger partial charge on any atom is 0.267 e. The number of hydrogen-bond donors (Lipinski definition) is 2. The van der Waals surface area contributed by atoms with Crippen LogP contribution in [0.2, 0.25) is 10.2 Å². The number of aromatic nitrogens is 2. The molecule has 0 saturated heterocycles. The monoisotopic (exact) mass is 392 g/mol. The van der Waals surface area contributed by atoms with Crippen LogP contribution < -0.4 is 10.6 Å². The molecule has 0 saturated carbocycles. The third-order valence-corrected chi connectivity index (χ3v) is 4.78. The van der Waals surface area contributed by atoms with Gasteiger partial charge in [-0.25, -0.2) is 9.97 Å². The van der Waals surface area contributed by atoms with Crippen LogP contribution in [0.15, 0.2) is 36.5 Å². The molecule has 0 aliphatic rings. The van der Waals surface area contributed by atoms with Crippen LogP contribution in [0.5, 0.6) is 0 Å². The molecule has 3 rings (SSSR count). The van der Waals surface area contributed by atoms with Gasteiger partial charge in [0, 0.05) is 11.4 Å². The van der Waals surface area contributed by atoms with Crippen molar-refractivity contribution in [3.05, 3.63) is 62.8 Å². The number of nitrogens with zero attached hydrogens (tertiary/aromatic N) is 2. The van der Waals surface area contributed by atoms with E-state index >= 15 is 0 Å². The Morgan fingerprint density at radius 1 is 1.20 bits per heavy atom. The largest absolute Gasteiger partial charge is 0.331 e. The van der Waals surface area contributed by atoms with Crippen molar-refractivity contribution in [3.8, 4) is 0 Å². The zero-order chi connectivity index (χ0) is 18.0. The fraction of sp³-hybridized carbons (Fsp3) is 0.118. The first kappa shape index (κ1) is 17.7. The highest BCUT2D eigenvalue weighted by Gasteiger charge is 2.14. The van der Waals surface area contributed by atoms with E-state index in [9.17, 15) is 4.79 Å². The molecule has 8 heteroatoms. The predicted octanol–water partition coefficient (Wildman–Crippen LogP) is 5.46. The maximum atomic E-state index is 12.4. The van der Waals surface area contributed by atoms with E-state index in [0.717, 1.165) is 16.9 Å². The van der Waals surface area contributed by atoms with E-state index in [1.807, 2.05) is 32.0 Å².